The lowest BCUT2D eigenvalue weighted by Crippen LogP contribution is -2.44. The van der Waals surface area contributed by atoms with E-state index in [1.807, 2.05) is 18.4 Å². The van der Waals surface area contributed by atoms with E-state index < -0.39 is 0 Å². The predicted molar refractivity (Wildman–Crippen MR) is 59.9 cm³/mol. The van der Waals surface area contributed by atoms with E-state index in [1.165, 1.54) is 4.88 Å². The summed E-state index contributed by atoms with van der Waals surface area (Å²) in [5.41, 5.74) is 0.0934. The first-order valence-electron chi connectivity index (χ1n) is 5.13. The van der Waals surface area contributed by atoms with Crippen molar-refractivity contribution in [1.29, 1.82) is 0 Å². The molecule has 0 aliphatic carbocycles. The smallest absolute Gasteiger partial charge is 0.0750 e. The van der Waals surface area contributed by atoms with Crippen molar-refractivity contribution in [2.24, 2.45) is 0 Å². The standard InChI is InChI=1S/C11H17NOS/c1-13-11(4-6-12-7-5-11)9-10-3-2-8-14-10/h2-3,8,12H,4-7,9H2,1H3. The second kappa shape index (κ2) is 4.43. The Hall–Kier alpha value is -0.380. The highest BCUT2D eigenvalue weighted by Gasteiger charge is 2.32. The molecule has 1 aliphatic heterocycles. The maximum atomic E-state index is 5.72. The lowest BCUT2D eigenvalue weighted by Gasteiger charge is -2.36. The number of nitrogens with one attached hydrogen (secondary N) is 1. The molecule has 0 aromatic carbocycles. The Morgan fingerprint density at radius 1 is 1.50 bits per heavy atom. The number of hydrogen-bond acceptors (Lipinski definition) is 3. The molecule has 0 saturated carbocycles. The van der Waals surface area contributed by atoms with Crippen LogP contribution in [0.25, 0.3) is 0 Å². The van der Waals surface area contributed by atoms with Gasteiger partial charge in [-0.05, 0) is 37.4 Å². The minimum absolute atomic E-state index is 0.0934. The Kier molecular flexibility index (Phi) is 3.21. The third-order valence-corrected chi connectivity index (χ3v) is 3.90. The molecule has 2 rings (SSSR count). The third-order valence-electron chi connectivity index (χ3n) is 3.02. The number of ether oxygens (including phenoxy) is 1. The summed E-state index contributed by atoms with van der Waals surface area (Å²) in [4.78, 5) is 1.44. The Bertz CT molecular complexity index is 265. The molecule has 1 aromatic heterocycles. The molecule has 1 saturated heterocycles. The van der Waals surface area contributed by atoms with Crippen molar-refractivity contribution in [3.05, 3.63) is 22.4 Å². The van der Waals surface area contributed by atoms with Crippen molar-refractivity contribution in [2.45, 2.75) is 24.9 Å². The summed E-state index contributed by atoms with van der Waals surface area (Å²) in [6.07, 6.45) is 3.33. The fraction of sp³-hybridized carbons (Fsp3) is 0.636. The first kappa shape index (κ1) is 10.1. The summed E-state index contributed by atoms with van der Waals surface area (Å²) in [6, 6.07) is 4.32. The number of methoxy groups -OCH3 is 1. The van der Waals surface area contributed by atoms with Gasteiger partial charge in [0.15, 0.2) is 0 Å². The Morgan fingerprint density at radius 2 is 2.29 bits per heavy atom. The Balaban J connectivity index is 2.04. The van der Waals surface area contributed by atoms with Crippen LogP contribution >= 0.6 is 11.3 Å². The third kappa shape index (κ3) is 2.16. The molecule has 0 unspecified atom stereocenters. The first-order valence-corrected chi connectivity index (χ1v) is 6.01. The zero-order valence-corrected chi connectivity index (χ0v) is 9.40. The molecular weight excluding hydrogens is 194 g/mol. The molecule has 0 radical (unpaired) electrons. The zero-order chi connectivity index (χ0) is 9.86. The van der Waals surface area contributed by atoms with Crippen LogP contribution in [0, 0.1) is 0 Å². The van der Waals surface area contributed by atoms with Crippen LogP contribution in [0.4, 0.5) is 0 Å². The van der Waals surface area contributed by atoms with Crippen molar-refractivity contribution in [1.82, 2.24) is 5.32 Å². The molecule has 0 spiro atoms. The molecular formula is C11H17NOS. The normalized spacial score (nSPS) is 20.9. The lowest BCUT2D eigenvalue weighted by molar-refractivity contribution is -0.0327. The number of rotatable bonds is 3. The van der Waals surface area contributed by atoms with Gasteiger partial charge in [-0.3, -0.25) is 0 Å². The fourth-order valence-electron chi connectivity index (χ4n) is 2.07. The summed E-state index contributed by atoms with van der Waals surface area (Å²) >= 11 is 1.83. The van der Waals surface area contributed by atoms with Gasteiger partial charge in [0.1, 0.15) is 0 Å². The highest BCUT2D eigenvalue weighted by molar-refractivity contribution is 7.09. The van der Waals surface area contributed by atoms with Gasteiger partial charge in [-0.25, -0.2) is 0 Å². The topological polar surface area (TPSA) is 21.3 Å². The second-order valence-corrected chi connectivity index (χ2v) is 4.93. The number of thiophene rings is 1. The van der Waals surface area contributed by atoms with E-state index in [4.69, 9.17) is 4.74 Å². The average molecular weight is 211 g/mol. The minimum atomic E-state index is 0.0934. The molecule has 2 heterocycles. The van der Waals surface area contributed by atoms with Crippen LogP contribution in [0.5, 0.6) is 0 Å². The van der Waals surface area contributed by atoms with Crippen LogP contribution < -0.4 is 5.32 Å². The van der Waals surface area contributed by atoms with Crippen LogP contribution in [0.2, 0.25) is 0 Å². The van der Waals surface area contributed by atoms with E-state index in [1.54, 1.807) is 0 Å². The van der Waals surface area contributed by atoms with Gasteiger partial charge in [0, 0.05) is 18.4 Å². The van der Waals surface area contributed by atoms with Crippen molar-refractivity contribution < 1.29 is 4.74 Å². The van der Waals surface area contributed by atoms with Gasteiger partial charge in [-0.15, -0.1) is 11.3 Å². The lowest BCUT2D eigenvalue weighted by atomic mass is 9.88. The first-order chi connectivity index (χ1) is 6.85. The zero-order valence-electron chi connectivity index (χ0n) is 8.58. The molecule has 3 heteroatoms. The average Bonchev–Trinajstić information content (AvgIpc) is 2.72. The van der Waals surface area contributed by atoms with E-state index >= 15 is 0 Å². The summed E-state index contributed by atoms with van der Waals surface area (Å²) in [6.45, 7) is 2.17. The highest BCUT2D eigenvalue weighted by Crippen LogP contribution is 2.28. The molecule has 14 heavy (non-hydrogen) atoms. The number of hydrogen-bond donors (Lipinski definition) is 1. The van der Waals surface area contributed by atoms with Gasteiger partial charge < -0.3 is 10.1 Å². The van der Waals surface area contributed by atoms with Crippen LogP contribution in [0.3, 0.4) is 0 Å². The Labute approximate surface area is 89.3 Å². The van der Waals surface area contributed by atoms with E-state index in [0.29, 0.717) is 0 Å². The van der Waals surface area contributed by atoms with Gasteiger partial charge in [0.2, 0.25) is 0 Å². The molecule has 0 atom stereocenters. The molecule has 1 N–H and O–H groups in total. The molecule has 1 aromatic rings. The monoisotopic (exact) mass is 211 g/mol. The van der Waals surface area contributed by atoms with E-state index in [-0.39, 0.29) is 5.60 Å². The van der Waals surface area contributed by atoms with Crippen LogP contribution in [-0.4, -0.2) is 25.8 Å². The quantitative estimate of drug-likeness (QED) is 0.826. The summed E-state index contributed by atoms with van der Waals surface area (Å²) < 4.78 is 5.72. The van der Waals surface area contributed by atoms with Gasteiger partial charge >= 0.3 is 0 Å². The van der Waals surface area contributed by atoms with E-state index in [0.717, 1.165) is 32.4 Å². The Morgan fingerprint density at radius 3 is 2.86 bits per heavy atom. The fourth-order valence-corrected chi connectivity index (χ4v) is 2.90. The largest absolute Gasteiger partial charge is 0.378 e. The molecule has 0 amide bonds. The summed E-state index contributed by atoms with van der Waals surface area (Å²) in [7, 11) is 1.85. The van der Waals surface area contributed by atoms with E-state index in [9.17, 15) is 0 Å². The van der Waals surface area contributed by atoms with Gasteiger partial charge in [-0.2, -0.15) is 0 Å². The number of piperidine rings is 1. The molecule has 1 fully saturated rings. The van der Waals surface area contributed by atoms with Crippen molar-refractivity contribution >= 4 is 11.3 Å². The summed E-state index contributed by atoms with van der Waals surface area (Å²) in [5.74, 6) is 0. The maximum absolute atomic E-state index is 5.72. The van der Waals surface area contributed by atoms with Crippen LogP contribution in [0.15, 0.2) is 17.5 Å². The SMILES string of the molecule is COC1(Cc2cccs2)CCNCC1. The molecule has 1 aliphatic rings. The predicted octanol–water partition coefficient (Wildman–Crippen LogP) is 2.06. The van der Waals surface area contributed by atoms with Crippen molar-refractivity contribution in [3.63, 3.8) is 0 Å². The van der Waals surface area contributed by atoms with E-state index in [2.05, 4.69) is 22.8 Å². The molecule has 0 bridgehead atoms. The highest BCUT2D eigenvalue weighted by atomic mass is 32.1. The van der Waals surface area contributed by atoms with Gasteiger partial charge in [0.25, 0.3) is 0 Å². The van der Waals surface area contributed by atoms with Gasteiger partial charge in [0.05, 0.1) is 5.60 Å². The molecule has 2 nitrogen and oxygen atoms in total. The van der Waals surface area contributed by atoms with Crippen molar-refractivity contribution in [2.75, 3.05) is 20.2 Å². The van der Waals surface area contributed by atoms with Crippen LogP contribution in [-0.2, 0) is 11.2 Å². The second-order valence-electron chi connectivity index (χ2n) is 3.89. The van der Waals surface area contributed by atoms with Crippen LogP contribution in [0.1, 0.15) is 17.7 Å². The van der Waals surface area contributed by atoms with Gasteiger partial charge in [-0.1, -0.05) is 6.07 Å². The molecule has 78 valence electrons. The maximum Gasteiger partial charge on any atom is 0.0750 e. The minimum Gasteiger partial charge on any atom is -0.378 e. The summed E-state index contributed by atoms with van der Waals surface area (Å²) in [5, 5.41) is 5.52. The van der Waals surface area contributed by atoms with Crippen molar-refractivity contribution in [3.8, 4) is 0 Å².